The Balaban J connectivity index is 1.89. The molecule has 0 spiro atoms. The van der Waals surface area contributed by atoms with E-state index >= 15 is 0 Å². The molecule has 1 aromatic carbocycles. The molecule has 2 aromatic rings. The lowest BCUT2D eigenvalue weighted by Gasteiger charge is -2.02. The van der Waals surface area contributed by atoms with Gasteiger partial charge in [-0.2, -0.15) is 0 Å². The molecule has 0 N–H and O–H groups in total. The molecule has 1 heterocycles. The van der Waals surface area contributed by atoms with Crippen LogP contribution < -0.4 is 4.74 Å². The maximum Gasteiger partial charge on any atom is 0.341 e. The summed E-state index contributed by atoms with van der Waals surface area (Å²) in [6, 6.07) is 8.84. The average Bonchev–Trinajstić information content (AvgIpc) is 2.99. The van der Waals surface area contributed by atoms with E-state index in [-0.39, 0.29) is 6.61 Å². The second-order valence-corrected chi connectivity index (χ2v) is 5.12. The molecule has 0 aliphatic carbocycles. The van der Waals surface area contributed by atoms with E-state index in [0.717, 1.165) is 11.3 Å². The molecule has 0 aliphatic rings. The van der Waals surface area contributed by atoms with Gasteiger partial charge >= 0.3 is 11.9 Å². The first-order valence-electron chi connectivity index (χ1n) is 7.78. The van der Waals surface area contributed by atoms with E-state index < -0.39 is 11.9 Å². The summed E-state index contributed by atoms with van der Waals surface area (Å²) in [4.78, 5) is 23.3. The van der Waals surface area contributed by atoms with Gasteiger partial charge in [0.2, 0.25) is 0 Å². The van der Waals surface area contributed by atoms with Gasteiger partial charge in [-0.3, -0.25) is 0 Å². The van der Waals surface area contributed by atoms with Crippen LogP contribution in [0.5, 0.6) is 5.75 Å². The Hall–Kier alpha value is -3.02. The average molecular weight is 344 g/mol. The van der Waals surface area contributed by atoms with E-state index in [2.05, 4.69) is 4.74 Å². The topological polar surface area (TPSA) is 75.0 Å². The number of furan rings is 1. The number of benzene rings is 1. The fourth-order valence-corrected chi connectivity index (χ4v) is 2.12. The zero-order valence-electron chi connectivity index (χ0n) is 14.4. The Morgan fingerprint density at radius 3 is 2.56 bits per heavy atom. The molecule has 0 radical (unpaired) electrons. The van der Waals surface area contributed by atoms with Crippen molar-refractivity contribution in [1.82, 2.24) is 0 Å². The van der Waals surface area contributed by atoms with Crippen LogP contribution in [0.15, 0.2) is 40.8 Å². The molecular weight excluding hydrogens is 324 g/mol. The van der Waals surface area contributed by atoms with Gasteiger partial charge in [-0.15, -0.1) is 0 Å². The summed E-state index contributed by atoms with van der Waals surface area (Å²) >= 11 is 0. The number of carbonyl (C=O) groups excluding carboxylic acids is 2. The molecule has 0 fully saturated rings. The molecule has 6 nitrogen and oxygen atoms in total. The fourth-order valence-electron chi connectivity index (χ4n) is 2.12. The number of carbonyl (C=O) groups is 2. The number of ether oxygens (including phenoxy) is 3. The van der Waals surface area contributed by atoms with Crippen LogP contribution in [-0.4, -0.2) is 25.7 Å². The molecule has 0 bridgehead atoms. The summed E-state index contributed by atoms with van der Waals surface area (Å²) in [7, 11) is 1.29. The summed E-state index contributed by atoms with van der Waals surface area (Å²) < 4.78 is 20.5. The lowest BCUT2D eigenvalue weighted by atomic mass is 10.2. The number of rotatable bonds is 7. The van der Waals surface area contributed by atoms with Crippen LogP contribution in [0.25, 0.3) is 6.08 Å². The van der Waals surface area contributed by atoms with Gasteiger partial charge in [0, 0.05) is 6.08 Å². The Morgan fingerprint density at radius 2 is 1.92 bits per heavy atom. The normalized spacial score (nSPS) is 10.7. The van der Waals surface area contributed by atoms with Crippen molar-refractivity contribution in [3.05, 3.63) is 59.1 Å². The van der Waals surface area contributed by atoms with Crippen molar-refractivity contribution in [2.45, 2.75) is 20.5 Å². The molecule has 25 heavy (non-hydrogen) atoms. The van der Waals surface area contributed by atoms with Gasteiger partial charge in [-0.05, 0) is 43.7 Å². The maximum atomic E-state index is 11.8. The molecule has 6 heteroatoms. The highest BCUT2D eigenvalue weighted by atomic mass is 16.5. The molecule has 0 amide bonds. The van der Waals surface area contributed by atoms with Gasteiger partial charge in [0.15, 0.2) is 0 Å². The van der Waals surface area contributed by atoms with E-state index in [1.807, 2.05) is 31.2 Å². The number of hydrogen-bond donors (Lipinski definition) is 0. The van der Waals surface area contributed by atoms with Crippen molar-refractivity contribution >= 4 is 18.0 Å². The van der Waals surface area contributed by atoms with Gasteiger partial charge in [0.05, 0.1) is 13.7 Å². The minimum Gasteiger partial charge on any atom is -0.494 e. The van der Waals surface area contributed by atoms with Crippen LogP contribution in [0.3, 0.4) is 0 Å². The Kier molecular flexibility index (Phi) is 6.39. The molecule has 1 aromatic heterocycles. The van der Waals surface area contributed by atoms with Gasteiger partial charge < -0.3 is 18.6 Å². The van der Waals surface area contributed by atoms with Crippen molar-refractivity contribution in [3.63, 3.8) is 0 Å². The fraction of sp³-hybridized carbons (Fsp3) is 0.263. The molecule has 0 atom stereocenters. The quantitative estimate of drug-likeness (QED) is 0.565. The van der Waals surface area contributed by atoms with E-state index in [0.29, 0.717) is 23.7 Å². The standard InChI is InChI=1S/C19H20O6/c1-4-23-15-8-5-14(6-9-15)7-10-18(20)24-12-16-11-17(13(2)25-16)19(21)22-3/h5-11H,4,12H2,1-3H3/b10-7+. The van der Waals surface area contributed by atoms with Crippen LogP contribution >= 0.6 is 0 Å². The third-order valence-corrected chi connectivity index (χ3v) is 3.33. The largest absolute Gasteiger partial charge is 0.494 e. The van der Waals surface area contributed by atoms with Crippen molar-refractivity contribution < 1.29 is 28.2 Å². The van der Waals surface area contributed by atoms with E-state index in [9.17, 15) is 9.59 Å². The zero-order chi connectivity index (χ0) is 18.2. The second-order valence-electron chi connectivity index (χ2n) is 5.12. The summed E-state index contributed by atoms with van der Waals surface area (Å²) in [5.41, 5.74) is 1.17. The molecule has 0 saturated carbocycles. The molecule has 2 rings (SSSR count). The first-order chi connectivity index (χ1) is 12.0. The second kappa shape index (κ2) is 8.73. The van der Waals surface area contributed by atoms with Crippen molar-refractivity contribution in [1.29, 1.82) is 0 Å². The lowest BCUT2D eigenvalue weighted by Crippen LogP contribution is -2.01. The summed E-state index contributed by atoms with van der Waals surface area (Å²) in [5, 5.41) is 0. The van der Waals surface area contributed by atoms with E-state index in [4.69, 9.17) is 13.9 Å². The van der Waals surface area contributed by atoms with Crippen LogP contribution in [0.1, 0.15) is 34.4 Å². The number of hydrogen-bond acceptors (Lipinski definition) is 6. The van der Waals surface area contributed by atoms with Gasteiger partial charge in [-0.1, -0.05) is 12.1 Å². The highest BCUT2D eigenvalue weighted by molar-refractivity contribution is 5.90. The van der Waals surface area contributed by atoms with E-state index in [1.165, 1.54) is 19.3 Å². The number of aryl methyl sites for hydroxylation is 1. The SMILES string of the molecule is CCOc1ccc(/C=C/C(=O)OCc2cc(C(=O)OC)c(C)o2)cc1. The van der Waals surface area contributed by atoms with Crippen LogP contribution in [0.2, 0.25) is 0 Å². The minimum atomic E-state index is -0.512. The smallest absolute Gasteiger partial charge is 0.341 e. The molecule has 0 unspecified atom stereocenters. The third kappa shape index (κ3) is 5.24. The summed E-state index contributed by atoms with van der Waals surface area (Å²) in [5.74, 6) is 0.567. The highest BCUT2D eigenvalue weighted by Crippen LogP contribution is 2.17. The summed E-state index contributed by atoms with van der Waals surface area (Å²) in [6.07, 6.45) is 2.97. The monoisotopic (exact) mass is 344 g/mol. The van der Waals surface area contributed by atoms with Crippen LogP contribution in [-0.2, 0) is 20.9 Å². The predicted molar refractivity (Wildman–Crippen MR) is 91.2 cm³/mol. The van der Waals surface area contributed by atoms with Gasteiger partial charge in [0.1, 0.15) is 29.4 Å². The first-order valence-corrected chi connectivity index (χ1v) is 7.78. The minimum absolute atomic E-state index is 0.0652. The lowest BCUT2D eigenvalue weighted by molar-refractivity contribution is -0.139. The maximum absolute atomic E-state index is 11.8. The Labute approximate surface area is 146 Å². The molecule has 0 saturated heterocycles. The van der Waals surface area contributed by atoms with Crippen molar-refractivity contribution in [2.75, 3.05) is 13.7 Å². The molecule has 0 aliphatic heterocycles. The van der Waals surface area contributed by atoms with Crippen LogP contribution in [0, 0.1) is 6.92 Å². The first kappa shape index (κ1) is 18.3. The predicted octanol–water partition coefficient (Wildman–Crippen LogP) is 3.53. The summed E-state index contributed by atoms with van der Waals surface area (Å²) in [6.45, 7) is 4.09. The molecular formula is C19H20O6. The molecule has 132 valence electrons. The highest BCUT2D eigenvalue weighted by Gasteiger charge is 2.15. The van der Waals surface area contributed by atoms with Gasteiger partial charge in [0.25, 0.3) is 0 Å². The van der Waals surface area contributed by atoms with Crippen LogP contribution in [0.4, 0.5) is 0 Å². The van der Waals surface area contributed by atoms with E-state index in [1.54, 1.807) is 13.0 Å². The van der Waals surface area contributed by atoms with Crippen molar-refractivity contribution in [2.24, 2.45) is 0 Å². The third-order valence-electron chi connectivity index (χ3n) is 3.33. The zero-order valence-corrected chi connectivity index (χ0v) is 14.4. The number of esters is 2. The van der Waals surface area contributed by atoms with Crippen molar-refractivity contribution in [3.8, 4) is 5.75 Å². The Morgan fingerprint density at radius 1 is 1.20 bits per heavy atom. The Bertz CT molecular complexity index is 755. The van der Waals surface area contributed by atoms with Gasteiger partial charge in [-0.25, -0.2) is 9.59 Å². The number of methoxy groups -OCH3 is 1.